The first-order valence-corrected chi connectivity index (χ1v) is 17.3. The van der Waals surface area contributed by atoms with E-state index in [1.54, 1.807) is 0 Å². The van der Waals surface area contributed by atoms with Gasteiger partial charge in [-0.3, -0.25) is 19.2 Å². The molecule has 0 unspecified atom stereocenters. The van der Waals surface area contributed by atoms with Crippen molar-refractivity contribution in [1.29, 1.82) is 0 Å². The summed E-state index contributed by atoms with van der Waals surface area (Å²) in [6.45, 7) is 7.22. The molecule has 0 aromatic heterocycles. The quantitative estimate of drug-likeness (QED) is 0.0568. The predicted molar refractivity (Wildman–Crippen MR) is 172 cm³/mol. The predicted octanol–water partition coefficient (Wildman–Crippen LogP) is -0.853. The first-order valence-electron chi connectivity index (χ1n) is 17.3. The van der Waals surface area contributed by atoms with Gasteiger partial charge in [0.25, 0.3) is 23.6 Å². The molecule has 0 aliphatic carbocycles. The zero-order valence-electron chi connectivity index (χ0n) is 29.6. The number of carbonyl (C=O) groups excluding carboxylic acids is 6. The average molecular weight is 753 g/mol. The zero-order valence-corrected chi connectivity index (χ0v) is 29.6. The summed E-state index contributed by atoms with van der Waals surface area (Å²) in [4.78, 5) is 78.4. The van der Waals surface area contributed by atoms with Crippen LogP contribution in [0.4, 0.5) is 0 Å². The van der Waals surface area contributed by atoms with Crippen molar-refractivity contribution in [3.8, 4) is 0 Å². The third-order valence-corrected chi connectivity index (χ3v) is 6.65. The normalized spacial score (nSPS) is 14.6. The molecule has 2 rings (SSSR count). The van der Waals surface area contributed by atoms with Gasteiger partial charge in [-0.15, -0.1) is 10.1 Å². The molecule has 0 aromatic rings. The van der Waals surface area contributed by atoms with Crippen molar-refractivity contribution in [2.24, 2.45) is 0 Å². The fourth-order valence-corrected chi connectivity index (χ4v) is 4.00. The summed E-state index contributed by atoms with van der Waals surface area (Å²) in [5, 5.41) is 1.02. The van der Waals surface area contributed by atoms with Crippen LogP contribution in [0.15, 0.2) is 0 Å². The van der Waals surface area contributed by atoms with Crippen molar-refractivity contribution in [3.63, 3.8) is 0 Å². The summed E-state index contributed by atoms with van der Waals surface area (Å²) in [5.41, 5.74) is 0. The van der Waals surface area contributed by atoms with Crippen LogP contribution in [0.1, 0.15) is 38.5 Å². The Kier molecular flexibility index (Phi) is 26.2. The molecule has 2 aliphatic rings. The highest BCUT2D eigenvalue weighted by molar-refractivity contribution is 6.02. The molecule has 2 fully saturated rings. The van der Waals surface area contributed by atoms with Crippen molar-refractivity contribution in [2.75, 3.05) is 132 Å². The number of carbonyl (C=O) groups is 6. The molecule has 20 heteroatoms. The van der Waals surface area contributed by atoms with Crippen LogP contribution in [0, 0.1) is 0 Å². The molecule has 2 saturated heterocycles. The number of ether oxygens (including phenoxy) is 10. The molecule has 2 heterocycles. The summed E-state index contributed by atoms with van der Waals surface area (Å²) in [6.07, 6.45) is 0.0325. The molecule has 52 heavy (non-hydrogen) atoms. The maximum atomic E-state index is 11.6. The lowest BCUT2D eigenvalue weighted by Crippen LogP contribution is -2.32. The lowest BCUT2D eigenvalue weighted by Gasteiger charge is -2.12. The van der Waals surface area contributed by atoms with Gasteiger partial charge in [-0.1, -0.05) is 0 Å². The highest BCUT2D eigenvalue weighted by atomic mass is 16.7. The number of nitrogens with zero attached hydrogens (tertiary/aromatic N) is 2. The summed E-state index contributed by atoms with van der Waals surface area (Å²) in [7, 11) is 0. The Morgan fingerprint density at radius 1 is 0.327 bits per heavy atom. The van der Waals surface area contributed by atoms with Crippen LogP contribution in [-0.2, 0) is 85.8 Å². The van der Waals surface area contributed by atoms with Gasteiger partial charge in [0, 0.05) is 25.7 Å². The second-order valence-electron chi connectivity index (χ2n) is 10.7. The maximum Gasteiger partial charge on any atom is 0.335 e. The number of hydrogen-bond acceptors (Lipinski definition) is 18. The van der Waals surface area contributed by atoms with Crippen LogP contribution in [0.3, 0.4) is 0 Å². The molecule has 0 saturated carbocycles. The number of rotatable bonds is 35. The molecular formula is C32H52N2O18. The number of amides is 4. The Bertz CT molecular complexity index is 935. The Labute approximate surface area is 302 Å². The minimum absolute atomic E-state index is 0.0506. The Morgan fingerprint density at radius 3 is 0.692 bits per heavy atom. The molecule has 298 valence electrons. The van der Waals surface area contributed by atoms with Crippen LogP contribution in [0.5, 0.6) is 0 Å². The van der Waals surface area contributed by atoms with E-state index in [4.69, 9.17) is 57.0 Å². The molecule has 2 aliphatic heterocycles. The van der Waals surface area contributed by atoms with E-state index in [0.29, 0.717) is 116 Å². The molecule has 0 radical (unpaired) electrons. The lowest BCUT2D eigenvalue weighted by atomic mass is 10.4. The molecule has 4 amide bonds. The number of hydroxylamine groups is 4. The fourth-order valence-electron chi connectivity index (χ4n) is 4.00. The molecule has 20 nitrogen and oxygen atoms in total. The molecule has 0 atom stereocenters. The zero-order chi connectivity index (χ0) is 37.5. The average Bonchev–Trinajstić information content (AvgIpc) is 3.62. The molecule has 0 bridgehead atoms. The van der Waals surface area contributed by atoms with E-state index in [-0.39, 0.29) is 65.0 Å². The van der Waals surface area contributed by atoms with Gasteiger partial charge < -0.3 is 57.0 Å². The third-order valence-electron chi connectivity index (χ3n) is 6.65. The van der Waals surface area contributed by atoms with Crippen molar-refractivity contribution in [3.05, 3.63) is 0 Å². The van der Waals surface area contributed by atoms with E-state index >= 15 is 0 Å². The highest BCUT2D eigenvalue weighted by Crippen LogP contribution is 2.13. The van der Waals surface area contributed by atoms with E-state index in [1.807, 2.05) is 0 Å². The van der Waals surface area contributed by atoms with Crippen LogP contribution >= 0.6 is 0 Å². The van der Waals surface area contributed by atoms with Gasteiger partial charge >= 0.3 is 11.9 Å². The molecule has 0 spiro atoms. The largest absolute Gasteiger partial charge is 0.378 e. The van der Waals surface area contributed by atoms with Gasteiger partial charge in [-0.25, -0.2) is 9.59 Å². The fraction of sp³-hybridized carbons (Fsp3) is 0.812. The molecule has 0 aromatic carbocycles. The van der Waals surface area contributed by atoms with Gasteiger partial charge in [-0.2, -0.15) is 0 Å². The van der Waals surface area contributed by atoms with Crippen LogP contribution in [0.25, 0.3) is 0 Å². The van der Waals surface area contributed by atoms with Crippen LogP contribution in [0.2, 0.25) is 0 Å². The monoisotopic (exact) mass is 752 g/mol. The van der Waals surface area contributed by atoms with Crippen LogP contribution in [-0.4, -0.2) is 178 Å². The standard InChI is InChI=1S/C32H52N2O18/c35-27-1-2-28(36)33(27)51-31(39)5-7-41-9-11-43-13-15-45-17-19-47-21-23-49-25-26-50-24-22-48-20-18-46-16-14-44-12-10-42-8-6-32(40)52-34-29(37)3-4-30(34)38/h1-26H2. The van der Waals surface area contributed by atoms with Gasteiger partial charge in [0.1, 0.15) is 0 Å². The second-order valence-corrected chi connectivity index (χ2v) is 10.7. The Balaban J connectivity index is 1.17. The topological polar surface area (TPSA) is 220 Å². The van der Waals surface area contributed by atoms with E-state index in [2.05, 4.69) is 0 Å². The first kappa shape index (κ1) is 45.0. The van der Waals surface area contributed by atoms with Crippen molar-refractivity contribution in [2.45, 2.75) is 38.5 Å². The lowest BCUT2D eigenvalue weighted by molar-refractivity contribution is -0.198. The SMILES string of the molecule is O=C(CCOCCOCCOCCOCCOCCOCCOCCOCCOCCOCCC(=O)ON1C(=O)CCC1=O)ON1C(=O)CCC1=O. The first-order chi connectivity index (χ1) is 25.4. The van der Waals surface area contributed by atoms with Crippen molar-refractivity contribution < 1.29 is 85.8 Å². The van der Waals surface area contributed by atoms with E-state index in [9.17, 15) is 28.8 Å². The van der Waals surface area contributed by atoms with Gasteiger partial charge in [-0.05, 0) is 0 Å². The van der Waals surface area contributed by atoms with Crippen molar-refractivity contribution in [1.82, 2.24) is 10.1 Å². The van der Waals surface area contributed by atoms with Gasteiger partial charge in [0.05, 0.1) is 145 Å². The van der Waals surface area contributed by atoms with Gasteiger partial charge in [0.2, 0.25) is 0 Å². The van der Waals surface area contributed by atoms with Crippen LogP contribution < -0.4 is 0 Å². The minimum Gasteiger partial charge on any atom is -0.378 e. The summed E-state index contributed by atoms with van der Waals surface area (Å²) < 4.78 is 53.9. The highest BCUT2D eigenvalue weighted by Gasteiger charge is 2.33. The maximum absolute atomic E-state index is 11.6. The second kappa shape index (κ2) is 30.3. The van der Waals surface area contributed by atoms with Crippen molar-refractivity contribution >= 4 is 35.6 Å². The molecule has 0 N–H and O–H groups in total. The summed E-state index contributed by atoms with van der Waals surface area (Å²) in [5.74, 6) is -3.49. The number of imide groups is 2. The number of hydrogen-bond donors (Lipinski definition) is 0. The smallest absolute Gasteiger partial charge is 0.335 e. The summed E-state index contributed by atoms with van der Waals surface area (Å²) >= 11 is 0. The van der Waals surface area contributed by atoms with E-state index in [1.165, 1.54) is 0 Å². The van der Waals surface area contributed by atoms with E-state index in [0.717, 1.165) is 0 Å². The third kappa shape index (κ3) is 22.7. The Hall–Kier alpha value is -3.18. The molecular weight excluding hydrogens is 700 g/mol. The van der Waals surface area contributed by atoms with E-state index < -0.39 is 35.6 Å². The minimum atomic E-state index is -0.709. The van der Waals surface area contributed by atoms with Gasteiger partial charge in [0.15, 0.2) is 0 Å². The Morgan fingerprint density at radius 2 is 0.500 bits per heavy atom. The summed E-state index contributed by atoms with van der Waals surface area (Å²) in [6, 6.07) is 0.